The number of nitrogen functional groups attached to an aromatic ring is 1. The Hall–Kier alpha value is -2.24. The Morgan fingerprint density at radius 2 is 2.00 bits per heavy atom. The van der Waals surface area contributed by atoms with Crippen molar-refractivity contribution in [3.05, 3.63) is 52.0 Å². The number of aromatic nitrogens is 2. The third-order valence-corrected chi connectivity index (χ3v) is 3.57. The third-order valence-electron chi connectivity index (χ3n) is 3.03. The Bertz CT molecular complexity index is 844. The molecule has 3 rings (SSSR count). The number of nitrogens with zero attached hydrogens (tertiary/aromatic N) is 1. The molecule has 0 bridgehead atoms. The summed E-state index contributed by atoms with van der Waals surface area (Å²) in [5.41, 5.74) is 7.49. The summed E-state index contributed by atoms with van der Waals surface area (Å²) < 4.78 is 0. The summed E-state index contributed by atoms with van der Waals surface area (Å²) in [4.78, 5) is 12.2. The van der Waals surface area contributed by atoms with Crippen LogP contribution in [0.3, 0.4) is 0 Å². The van der Waals surface area contributed by atoms with Gasteiger partial charge in [0.2, 0.25) is 0 Å². The second kappa shape index (κ2) is 5.27. The zero-order valence-electron chi connectivity index (χ0n) is 10.7. The van der Waals surface area contributed by atoms with Crippen LogP contribution in [0.15, 0.2) is 36.4 Å². The lowest BCUT2D eigenvalue weighted by molar-refractivity contribution is 0.102. The van der Waals surface area contributed by atoms with Gasteiger partial charge in [0.25, 0.3) is 5.91 Å². The van der Waals surface area contributed by atoms with E-state index in [1.54, 1.807) is 30.3 Å². The molecule has 106 valence electrons. The summed E-state index contributed by atoms with van der Waals surface area (Å²) >= 11 is 11.8. The molecule has 3 aromatic rings. The zero-order valence-corrected chi connectivity index (χ0v) is 12.2. The van der Waals surface area contributed by atoms with Crippen LogP contribution in [0, 0.1) is 0 Å². The molecule has 7 heteroatoms. The van der Waals surface area contributed by atoms with Gasteiger partial charge in [0, 0.05) is 16.1 Å². The highest BCUT2D eigenvalue weighted by molar-refractivity contribution is 6.37. The Morgan fingerprint density at radius 1 is 1.19 bits per heavy atom. The Morgan fingerprint density at radius 3 is 2.76 bits per heavy atom. The molecule has 0 spiro atoms. The first-order valence-corrected chi connectivity index (χ1v) is 6.80. The van der Waals surface area contributed by atoms with Crippen LogP contribution in [-0.2, 0) is 0 Å². The standard InChI is InChI=1S/C14H10Cl2N4O/c15-7-1-3-9(11(16)5-7)14(21)18-8-2-4-12-10(6-8)13(17)20-19-12/h1-6H,(H,18,21)(H3,17,19,20). The molecule has 1 heterocycles. The normalized spacial score (nSPS) is 10.8. The molecule has 2 aromatic carbocycles. The van der Waals surface area contributed by atoms with Crippen LogP contribution in [0.2, 0.25) is 10.0 Å². The first-order valence-electron chi connectivity index (χ1n) is 6.04. The minimum absolute atomic E-state index is 0.295. The monoisotopic (exact) mass is 320 g/mol. The fourth-order valence-corrected chi connectivity index (χ4v) is 2.48. The maximum Gasteiger partial charge on any atom is 0.257 e. The average Bonchev–Trinajstić information content (AvgIpc) is 2.80. The second-order valence-corrected chi connectivity index (χ2v) is 5.29. The molecule has 5 nitrogen and oxygen atoms in total. The molecule has 1 amide bonds. The number of carbonyl (C=O) groups is 1. The van der Waals surface area contributed by atoms with Gasteiger partial charge in [-0.2, -0.15) is 5.10 Å². The first kappa shape index (κ1) is 13.7. The van der Waals surface area contributed by atoms with Crippen LogP contribution in [0.1, 0.15) is 10.4 Å². The van der Waals surface area contributed by atoms with Gasteiger partial charge in [-0.05, 0) is 36.4 Å². The molecule has 0 fully saturated rings. The van der Waals surface area contributed by atoms with Crippen molar-refractivity contribution >= 4 is 51.5 Å². The zero-order chi connectivity index (χ0) is 15.0. The number of benzene rings is 2. The maximum absolute atomic E-state index is 12.2. The molecule has 0 radical (unpaired) electrons. The van der Waals surface area contributed by atoms with Gasteiger partial charge in [-0.25, -0.2) is 0 Å². The number of hydrogen-bond acceptors (Lipinski definition) is 3. The molecule has 0 aliphatic heterocycles. The highest BCUT2D eigenvalue weighted by Gasteiger charge is 2.12. The molecular formula is C14H10Cl2N4O. The minimum atomic E-state index is -0.321. The van der Waals surface area contributed by atoms with Gasteiger partial charge >= 0.3 is 0 Å². The third kappa shape index (κ3) is 2.66. The van der Waals surface area contributed by atoms with Gasteiger partial charge < -0.3 is 11.1 Å². The van der Waals surface area contributed by atoms with Crippen molar-refractivity contribution in [1.82, 2.24) is 10.2 Å². The van der Waals surface area contributed by atoms with Crippen LogP contribution in [0.25, 0.3) is 10.9 Å². The number of rotatable bonds is 2. The largest absolute Gasteiger partial charge is 0.382 e. The number of anilines is 2. The first-order chi connectivity index (χ1) is 10.0. The number of halogens is 2. The molecule has 0 atom stereocenters. The number of amides is 1. The molecule has 0 aliphatic carbocycles. The number of H-pyrrole nitrogens is 1. The maximum atomic E-state index is 12.2. The van der Waals surface area contributed by atoms with Crippen molar-refractivity contribution in [2.24, 2.45) is 0 Å². The van der Waals surface area contributed by atoms with Gasteiger partial charge in [-0.15, -0.1) is 0 Å². The van der Waals surface area contributed by atoms with Gasteiger partial charge in [-0.1, -0.05) is 23.2 Å². The molecule has 4 N–H and O–H groups in total. The molecule has 21 heavy (non-hydrogen) atoms. The minimum Gasteiger partial charge on any atom is -0.382 e. The molecule has 0 aliphatic rings. The van der Waals surface area contributed by atoms with Crippen molar-refractivity contribution < 1.29 is 4.79 Å². The number of aromatic amines is 1. The van der Waals surface area contributed by atoms with E-state index in [1.165, 1.54) is 6.07 Å². The molecule has 1 aromatic heterocycles. The van der Waals surface area contributed by atoms with Crippen LogP contribution in [0.4, 0.5) is 11.5 Å². The fourth-order valence-electron chi connectivity index (χ4n) is 1.98. The quantitative estimate of drug-likeness (QED) is 0.673. The van der Waals surface area contributed by atoms with Gasteiger partial charge in [0.15, 0.2) is 5.82 Å². The molecule has 0 saturated carbocycles. The van der Waals surface area contributed by atoms with Crippen molar-refractivity contribution in [2.75, 3.05) is 11.1 Å². The van der Waals surface area contributed by atoms with Gasteiger partial charge in [0.05, 0.1) is 16.1 Å². The van der Waals surface area contributed by atoms with Crippen molar-refractivity contribution in [1.29, 1.82) is 0 Å². The van der Waals surface area contributed by atoms with Gasteiger partial charge in [-0.3, -0.25) is 9.89 Å². The van der Waals surface area contributed by atoms with E-state index in [2.05, 4.69) is 15.5 Å². The van der Waals surface area contributed by atoms with E-state index in [1.807, 2.05) is 0 Å². The van der Waals surface area contributed by atoms with E-state index < -0.39 is 0 Å². The summed E-state index contributed by atoms with van der Waals surface area (Å²) in [6.45, 7) is 0. The highest BCUT2D eigenvalue weighted by Crippen LogP contribution is 2.24. The Balaban J connectivity index is 1.90. The number of nitrogens with two attached hydrogens (primary N) is 1. The van der Waals surface area contributed by atoms with Crippen LogP contribution < -0.4 is 11.1 Å². The predicted molar refractivity (Wildman–Crippen MR) is 84.9 cm³/mol. The van der Waals surface area contributed by atoms with E-state index in [0.717, 1.165) is 10.9 Å². The molecule has 0 saturated heterocycles. The summed E-state index contributed by atoms with van der Waals surface area (Å²) in [6, 6.07) is 10.00. The number of fused-ring (bicyclic) bond motifs is 1. The van der Waals surface area contributed by atoms with Crippen molar-refractivity contribution in [2.45, 2.75) is 0 Å². The van der Waals surface area contributed by atoms with E-state index >= 15 is 0 Å². The van der Waals surface area contributed by atoms with E-state index in [-0.39, 0.29) is 5.91 Å². The number of nitrogens with one attached hydrogen (secondary N) is 2. The van der Waals surface area contributed by atoms with Gasteiger partial charge in [0.1, 0.15) is 0 Å². The van der Waals surface area contributed by atoms with Crippen molar-refractivity contribution in [3.63, 3.8) is 0 Å². The summed E-state index contributed by atoms with van der Waals surface area (Å²) in [6.07, 6.45) is 0. The SMILES string of the molecule is Nc1n[nH]c2ccc(NC(=O)c3ccc(Cl)cc3Cl)cc12. The summed E-state index contributed by atoms with van der Waals surface area (Å²) in [7, 11) is 0. The van der Waals surface area contributed by atoms with E-state index in [0.29, 0.717) is 27.1 Å². The van der Waals surface area contributed by atoms with E-state index in [9.17, 15) is 4.79 Å². The van der Waals surface area contributed by atoms with Crippen LogP contribution in [0.5, 0.6) is 0 Å². The number of carbonyl (C=O) groups excluding carboxylic acids is 1. The van der Waals surface area contributed by atoms with E-state index in [4.69, 9.17) is 28.9 Å². The van der Waals surface area contributed by atoms with Crippen LogP contribution >= 0.6 is 23.2 Å². The highest BCUT2D eigenvalue weighted by atomic mass is 35.5. The van der Waals surface area contributed by atoms with Crippen molar-refractivity contribution in [3.8, 4) is 0 Å². The Kier molecular flexibility index (Phi) is 3.45. The molecule has 0 unspecified atom stereocenters. The lowest BCUT2D eigenvalue weighted by Crippen LogP contribution is -2.12. The lowest BCUT2D eigenvalue weighted by Gasteiger charge is -2.07. The predicted octanol–water partition coefficient (Wildman–Crippen LogP) is 3.70. The van der Waals surface area contributed by atoms with Crippen LogP contribution in [-0.4, -0.2) is 16.1 Å². The summed E-state index contributed by atoms with van der Waals surface area (Å²) in [5.74, 6) is 0.0590. The molecular weight excluding hydrogens is 311 g/mol. The summed E-state index contributed by atoms with van der Waals surface area (Å²) in [5, 5.41) is 11.0. The Labute approximate surface area is 130 Å². The fraction of sp³-hybridized carbons (Fsp3) is 0. The topological polar surface area (TPSA) is 83.8 Å². The lowest BCUT2D eigenvalue weighted by atomic mass is 10.2. The second-order valence-electron chi connectivity index (χ2n) is 4.45. The number of hydrogen-bond donors (Lipinski definition) is 3. The average molecular weight is 321 g/mol. The smallest absolute Gasteiger partial charge is 0.257 e.